The van der Waals surface area contributed by atoms with E-state index in [-0.39, 0.29) is 5.75 Å². The fraction of sp³-hybridized carbons (Fsp3) is 0.0732. The quantitative estimate of drug-likeness (QED) is 0.214. The Balaban J connectivity index is 1.29. The molecule has 5 heteroatoms. The Morgan fingerprint density at radius 3 is 2.20 bits per heavy atom. The number of hydrogen-bond acceptors (Lipinski definition) is 4. The fourth-order valence-electron chi connectivity index (χ4n) is 6.47. The lowest BCUT2D eigenvalue weighted by atomic mass is 10.0. The van der Waals surface area contributed by atoms with Crippen LogP contribution in [0.4, 0.5) is 0 Å². The zero-order chi connectivity index (χ0) is 31.4. The molecule has 0 bridgehead atoms. The third-order valence-corrected chi connectivity index (χ3v) is 8.68. The Bertz CT molecular complexity index is 2430. The topological polar surface area (TPSA) is 60.2 Å². The van der Waals surface area contributed by atoms with Gasteiger partial charge in [0.2, 0.25) is 5.88 Å². The maximum atomic E-state index is 11.3. The molecule has 3 aromatic heterocycles. The molecular weight excluding hydrogens is 566 g/mol. The van der Waals surface area contributed by atoms with Gasteiger partial charge in [-0.2, -0.15) is 0 Å². The van der Waals surface area contributed by atoms with E-state index < -0.39 is 0 Å². The second-order valence-electron chi connectivity index (χ2n) is 11.9. The maximum absolute atomic E-state index is 11.3. The predicted molar refractivity (Wildman–Crippen MR) is 187 cm³/mol. The van der Waals surface area contributed by atoms with E-state index in [1.54, 1.807) is 0 Å². The molecular formula is C41H31N3O2. The summed E-state index contributed by atoms with van der Waals surface area (Å²) in [5.41, 5.74) is 9.65. The molecule has 0 amide bonds. The molecule has 8 aromatic rings. The van der Waals surface area contributed by atoms with E-state index >= 15 is 0 Å². The predicted octanol–water partition coefficient (Wildman–Crippen LogP) is 10.5. The summed E-state index contributed by atoms with van der Waals surface area (Å²) < 4.78 is 8.78. The summed E-state index contributed by atoms with van der Waals surface area (Å²) in [6.07, 6.45) is 1.87. The maximum Gasteiger partial charge on any atom is 0.222 e. The number of fused-ring (bicyclic) bond motifs is 4. The summed E-state index contributed by atoms with van der Waals surface area (Å²) in [5, 5.41) is 14.5. The van der Waals surface area contributed by atoms with Crippen LogP contribution >= 0.6 is 0 Å². The molecule has 0 atom stereocenters. The van der Waals surface area contributed by atoms with E-state index in [0.717, 1.165) is 66.4 Å². The van der Waals surface area contributed by atoms with Gasteiger partial charge in [-0.25, -0.2) is 9.97 Å². The minimum atomic E-state index is 0.139. The molecule has 0 saturated heterocycles. The van der Waals surface area contributed by atoms with Crippen molar-refractivity contribution in [3.8, 4) is 45.5 Å². The molecule has 3 heterocycles. The first kappa shape index (κ1) is 27.6. The average molecular weight is 598 g/mol. The van der Waals surface area contributed by atoms with Crippen LogP contribution < -0.4 is 4.74 Å². The summed E-state index contributed by atoms with van der Waals surface area (Å²) in [6.45, 7) is 6.21. The number of aromatic nitrogens is 3. The summed E-state index contributed by atoms with van der Waals surface area (Å²) in [7, 11) is 0. The van der Waals surface area contributed by atoms with E-state index in [1.165, 1.54) is 5.56 Å². The van der Waals surface area contributed by atoms with Crippen LogP contribution in [0.15, 0.2) is 128 Å². The third kappa shape index (κ3) is 4.65. The highest BCUT2D eigenvalue weighted by Crippen LogP contribution is 2.40. The monoisotopic (exact) mass is 597 g/mol. The average Bonchev–Trinajstić information content (AvgIpc) is 3.40. The number of rotatable bonds is 5. The summed E-state index contributed by atoms with van der Waals surface area (Å²) in [5.74, 6) is 2.09. The molecule has 0 radical (unpaired) electrons. The molecule has 5 aromatic carbocycles. The molecule has 0 spiro atoms. The van der Waals surface area contributed by atoms with Gasteiger partial charge in [-0.05, 0) is 85.0 Å². The lowest BCUT2D eigenvalue weighted by molar-refractivity contribution is 0.457. The highest BCUT2D eigenvalue weighted by atomic mass is 16.5. The Kier molecular flexibility index (Phi) is 6.54. The minimum Gasteiger partial charge on any atom is -0.505 e. The van der Waals surface area contributed by atoms with E-state index in [0.29, 0.717) is 17.1 Å². The first-order chi connectivity index (χ1) is 22.4. The normalized spacial score (nSPS) is 11.5. The minimum absolute atomic E-state index is 0.139. The molecule has 222 valence electrons. The second kappa shape index (κ2) is 10.9. The van der Waals surface area contributed by atoms with Crippen molar-refractivity contribution in [3.63, 3.8) is 0 Å². The van der Waals surface area contributed by atoms with Gasteiger partial charge < -0.3 is 9.84 Å². The van der Waals surface area contributed by atoms with Crippen LogP contribution in [0.5, 0.6) is 17.4 Å². The van der Waals surface area contributed by atoms with Gasteiger partial charge in [-0.1, -0.05) is 78.9 Å². The van der Waals surface area contributed by atoms with Crippen LogP contribution in [0, 0.1) is 20.8 Å². The zero-order valence-electron chi connectivity index (χ0n) is 25.8. The molecule has 1 N–H and O–H groups in total. The lowest BCUT2D eigenvalue weighted by Crippen LogP contribution is -1.99. The zero-order valence-corrected chi connectivity index (χ0v) is 25.8. The van der Waals surface area contributed by atoms with Gasteiger partial charge >= 0.3 is 0 Å². The van der Waals surface area contributed by atoms with E-state index in [2.05, 4.69) is 79.1 Å². The number of nitrogens with zero attached hydrogens (tertiary/aromatic N) is 3. The molecule has 0 fully saturated rings. The molecule has 8 rings (SSSR count). The third-order valence-electron chi connectivity index (χ3n) is 8.68. The standard InChI is InChI=1S/C41H31N3O2/c1-25-14-16-34-35(20-25)44(37-23-30(18-19-42-37)28-10-6-4-7-11-28)36-24-32(22-26(2)38(34)36)46-41-27(3)21-31-15-17-33(40(45)39(31)43-41)29-12-8-5-9-13-29/h4-24,45H,1-3H3. The number of pyridine rings is 2. The molecule has 0 saturated carbocycles. The van der Waals surface area contributed by atoms with Crippen molar-refractivity contribution in [3.05, 3.63) is 144 Å². The number of benzene rings is 5. The van der Waals surface area contributed by atoms with Gasteiger partial charge in [0.25, 0.3) is 0 Å². The highest BCUT2D eigenvalue weighted by Gasteiger charge is 2.19. The van der Waals surface area contributed by atoms with E-state index in [9.17, 15) is 5.11 Å². The first-order valence-electron chi connectivity index (χ1n) is 15.4. The summed E-state index contributed by atoms with van der Waals surface area (Å²) >= 11 is 0. The second-order valence-corrected chi connectivity index (χ2v) is 11.9. The largest absolute Gasteiger partial charge is 0.505 e. The van der Waals surface area contributed by atoms with Crippen LogP contribution in [-0.2, 0) is 0 Å². The number of aromatic hydroxyl groups is 1. The van der Waals surface area contributed by atoms with E-state index in [1.807, 2.05) is 73.8 Å². The Morgan fingerprint density at radius 1 is 0.652 bits per heavy atom. The van der Waals surface area contributed by atoms with Crippen molar-refractivity contribution >= 4 is 32.7 Å². The van der Waals surface area contributed by atoms with Gasteiger partial charge in [0, 0.05) is 39.5 Å². The van der Waals surface area contributed by atoms with Crippen molar-refractivity contribution in [1.29, 1.82) is 0 Å². The number of aryl methyl sites for hydroxylation is 3. The molecule has 5 nitrogen and oxygen atoms in total. The summed E-state index contributed by atoms with van der Waals surface area (Å²) in [4.78, 5) is 9.71. The van der Waals surface area contributed by atoms with E-state index in [4.69, 9.17) is 14.7 Å². The molecule has 0 aliphatic carbocycles. The van der Waals surface area contributed by atoms with Gasteiger partial charge in [0.1, 0.15) is 22.8 Å². The Morgan fingerprint density at radius 2 is 1.41 bits per heavy atom. The van der Waals surface area contributed by atoms with Crippen molar-refractivity contribution < 1.29 is 9.84 Å². The Hall–Kier alpha value is -5.94. The molecule has 0 unspecified atom stereocenters. The van der Waals surface area contributed by atoms with Gasteiger partial charge in [-0.15, -0.1) is 0 Å². The molecule has 46 heavy (non-hydrogen) atoms. The number of phenols is 1. The van der Waals surface area contributed by atoms with Crippen molar-refractivity contribution in [1.82, 2.24) is 14.5 Å². The Labute approximate surface area is 267 Å². The van der Waals surface area contributed by atoms with Crippen LogP contribution in [0.2, 0.25) is 0 Å². The van der Waals surface area contributed by atoms with Gasteiger partial charge in [0.15, 0.2) is 0 Å². The SMILES string of the molecule is Cc1ccc2c3c(C)cc(Oc4nc5c(O)c(-c6ccccc6)ccc5cc4C)cc3n(-c3cc(-c4ccccc4)ccn3)c2c1. The van der Waals surface area contributed by atoms with Crippen LogP contribution in [0.3, 0.4) is 0 Å². The van der Waals surface area contributed by atoms with Crippen molar-refractivity contribution in [2.45, 2.75) is 20.8 Å². The van der Waals surface area contributed by atoms with Crippen molar-refractivity contribution in [2.75, 3.05) is 0 Å². The number of phenolic OH excluding ortho intramolecular Hbond substituents is 1. The smallest absolute Gasteiger partial charge is 0.222 e. The number of ether oxygens (including phenoxy) is 1. The molecule has 0 aliphatic heterocycles. The van der Waals surface area contributed by atoms with Crippen LogP contribution in [-0.4, -0.2) is 19.6 Å². The first-order valence-corrected chi connectivity index (χ1v) is 15.4. The van der Waals surface area contributed by atoms with Gasteiger partial charge in [0.05, 0.1) is 11.0 Å². The molecule has 0 aliphatic rings. The lowest BCUT2D eigenvalue weighted by Gasteiger charge is -2.14. The van der Waals surface area contributed by atoms with Crippen molar-refractivity contribution in [2.24, 2.45) is 0 Å². The number of hydrogen-bond donors (Lipinski definition) is 1. The van der Waals surface area contributed by atoms with Crippen LogP contribution in [0.1, 0.15) is 16.7 Å². The van der Waals surface area contributed by atoms with Crippen LogP contribution in [0.25, 0.3) is 60.8 Å². The van der Waals surface area contributed by atoms with Gasteiger partial charge in [-0.3, -0.25) is 4.57 Å². The fourth-order valence-corrected chi connectivity index (χ4v) is 6.47. The highest BCUT2D eigenvalue weighted by molar-refractivity contribution is 6.11. The summed E-state index contributed by atoms with van der Waals surface area (Å²) in [6, 6.07) is 41.0.